The minimum absolute atomic E-state index is 0.0538. The van der Waals surface area contributed by atoms with E-state index < -0.39 is 11.5 Å². The molecular weight excluding hydrogens is 434 g/mol. The third-order valence-electron chi connectivity index (χ3n) is 8.82. The maximum absolute atomic E-state index is 13.4. The molecule has 0 bridgehead atoms. The molecule has 1 N–H and O–H groups in total. The number of hydrogen-bond donors (Lipinski definition) is 1. The maximum atomic E-state index is 13.4. The van der Waals surface area contributed by atoms with Crippen LogP contribution in [0, 0.1) is 29.1 Å². The molecule has 3 rings (SSSR count). The van der Waals surface area contributed by atoms with Crippen molar-refractivity contribution in [2.45, 2.75) is 110 Å². The van der Waals surface area contributed by atoms with Gasteiger partial charge in [0.2, 0.25) is 5.91 Å². The van der Waals surface area contributed by atoms with Gasteiger partial charge in [0.1, 0.15) is 12.2 Å². The molecule has 0 aromatic carbocycles. The van der Waals surface area contributed by atoms with Crippen LogP contribution in [0.15, 0.2) is 0 Å². The summed E-state index contributed by atoms with van der Waals surface area (Å²) in [5.41, 5.74) is -0.527. The molecule has 1 saturated heterocycles. The number of amides is 1. The number of cyclic esters (lactones) is 1. The van der Waals surface area contributed by atoms with Gasteiger partial charge in [-0.15, -0.1) is 0 Å². The van der Waals surface area contributed by atoms with Crippen LogP contribution in [0.2, 0.25) is 0 Å². The molecule has 7 nitrogen and oxygen atoms in total. The number of rotatable bonds is 8. The number of hydrogen-bond acceptors (Lipinski definition) is 6. The van der Waals surface area contributed by atoms with Crippen molar-refractivity contribution in [1.82, 2.24) is 4.90 Å². The Bertz CT molecular complexity index is 737. The van der Waals surface area contributed by atoms with E-state index in [1.54, 1.807) is 4.90 Å². The molecular formula is C27H45NO6. The summed E-state index contributed by atoms with van der Waals surface area (Å²) in [4.78, 5) is 40.1. The zero-order chi connectivity index (χ0) is 25.0. The number of nitrogens with zero attached hydrogens (tertiary/aromatic N) is 1. The minimum Gasteiger partial charge on any atom is -0.462 e. The molecule has 3 fully saturated rings. The van der Waals surface area contributed by atoms with Gasteiger partial charge in [-0.05, 0) is 84.0 Å². The second-order valence-corrected chi connectivity index (χ2v) is 11.4. The number of esters is 2. The minimum atomic E-state index is -0.659. The van der Waals surface area contributed by atoms with Gasteiger partial charge in [0.05, 0.1) is 17.9 Å². The fraction of sp³-hybridized carbons (Fsp3) is 0.889. The van der Waals surface area contributed by atoms with Gasteiger partial charge < -0.3 is 19.5 Å². The molecule has 2 aliphatic carbocycles. The number of ether oxygens (including phenoxy) is 2. The molecule has 194 valence electrons. The van der Waals surface area contributed by atoms with Gasteiger partial charge in [0.25, 0.3) is 0 Å². The summed E-state index contributed by atoms with van der Waals surface area (Å²) in [6, 6.07) is 0. The number of fused-ring (bicyclic) bond motifs is 1. The van der Waals surface area contributed by atoms with E-state index in [1.807, 2.05) is 34.7 Å². The Morgan fingerprint density at radius 2 is 1.88 bits per heavy atom. The van der Waals surface area contributed by atoms with Crippen molar-refractivity contribution in [2.75, 3.05) is 13.6 Å². The fourth-order valence-electron chi connectivity index (χ4n) is 6.24. The standard InChI is InChI=1S/C27H45NO6/c1-6-27(3,4)26(32)34-22-10-8-9-17-11-13-21(25(31)28(5)7-2)20(24(17)22)14-12-19-15-18(29)16-23(30)33-19/h17-22,24,29H,6-16H2,1-5H3/t17-,18+,19+,20+,21-,22-,24-/m0/s1. The van der Waals surface area contributed by atoms with E-state index in [4.69, 9.17) is 9.47 Å². The molecule has 1 aliphatic heterocycles. The van der Waals surface area contributed by atoms with Crippen molar-refractivity contribution < 1.29 is 29.0 Å². The lowest BCUT2D eigenvalue weighted by Crippen LogP contribution is -2.50. The molecule has 7 heteroatoms. The van der Waals surface area contributed by atoms with Crippen LogP contribution in [0.3, 0.4) is 0 Å². The van der Waals surface area contributed by atoms with Crippen LogP contribution in [-0.2, 0) is 23.9 Å². The summed E-state index contributed by atoms with van der Waals surface area (Å²) in [5.74, 6) is 0.197. The summed E-state index contributed by atoms with van der Waals surface area (Å²) in [6.45, 7) is 8.51. The van der Waals surface area contributed by atoms with Crippen molar-refractivity contribution in [3.05, 3.63) is 0 Å². The summed E-state index contributed by atoms with van der Waals surface area (Å²) >= 11 is 0. The van der Waals surface area contributed by atoms with E-state index in [-0.39, 0.29) is 54.2 Å². The molecule has 0 aromatic rings. The quantitative estimate of drug-likeness (QED) is 0.527. The molecule has 1 heterocycles. The van der Waals surface area contributed by atoms with Crippen molar-refractivity contribution in [3.63, 3.8) is 0 Å². The highest BCUT2D eigenvalue weighted by Crippen LogP contribution is 2.50. The lowest BCUT2D eigenvalue weighted by molar-refractivity contribution is -0.173. The molecule has 7 atom stereocenters. The van der Waals surface area contributed by atoms with Crippen LogP contribution in [0.5, 0.6) is 0 Å². The van der Waals surface area contributed by atoms with Gasteiger partial charge in [-0.25, -0.2) is 0 Å². The van der Waals surface area contributed by atoms with Crippen LogP contribution in [0.25, 0.3) is 0 Å². The average molecular weight is 480 g/mol. The van der Waals surface area contributed by atoms with Gasteiger partial charge in [0, 0.05) is 31.8 Å². The van der Waals surface area contributed by atoms with Gasteiger partial charge in [-0.2, -0.15) is 0 Å². The van der Waals surface area contributed by atoms with Gasteiger partial charge in [-0.3, -0.25) is 14.4 Å². The van der Waals surface area contributed by atoms with Crippen molar-refractivity contribution in [1.29, 1.82) is 0 Å². The molecule has 0 radical (unpaired) electrons. The largest absolute Gasteiger partial charge is 0.462 e. The molecule has 0 unspecified atom stereocenters. The lowest BCUT2D eigenvalue weighted by Gasteiger charge is -2.49. The first kappa shape index (κ1) is 27.0. The summed E-state index contributed by atoms with van der Waals surface area (Å²) in [6.07, 6.45) is 6.23. The Labute approximate surface area is 204 Å². The van der Waals surface area contributed by atoms with Crippen molar-refractivity contribution >= 4 is 17.8 Å². The Kier molecular flexibility index (Phi) is 9.04. The topological polar surface area (TPSA) is 93.1 Å². The highest BCUT2D eigenvalue weighted by Gasteiger charge is 2.49. The first-order valence-electron chi connectivity index (χ1n) is 13.4. The molecule has 2 saturated carbocycles. The second kappa shape index (κ2) is 11.4. The van der Waals surface area contributed by atoms with E-state index in [9.17, 15) is 19.5 Å². The number of carbonyl (C=O) groups is 3. The highest BCUT2D eigenvalue weighted by atomic mass is 16.6. The Hall–Kier alpha value is -1.63. The number of aliphatic hydroxyl groups is 1. The Morgan fingerprint density at radius 3 is 2.53 bits per heavy atom. The molecule has 0 aromatic heterocycles. The fourth-order valence-corrected chi connectivity index (χ4v) is 6.24. The predicted molar refractivity (Wildman–Crippen MR) is 129 cm³/mol. The maximum Gasteiger partial charge on any atom is 0.311 e. The Morgan fingerprint density at radius 1 is 1.15 bits per heavy atom. The zero-order valence-corrected chi connectivity index (χ0v) is 21.8. The normalized spacial score (nSPS) is 34.1. The molecule has 1 amide bonds. The zero-order valence-electron chi connectivity index (χ0n) is 21.8. The van der Waals surface area contributed by atoms with Crippen LogP contribution in [0.1, 0.15) is 91.9 Å². The second-order valence-electron chi connectivity index (χ2n) is 11.4. The van der Waals surface area contributed by atoms with E-state index in [1.165, 1.54) is 0 Å². The molecule has 34 heavy (non-hydrogen) atoms. The SMILES string of the molecule is CCN(C)C(=O)[C@H]1CC[C@@H]2CCC[C@H](OC(=O)C(C)(C)CC)[C@@H]2[C@@H]1CC[C@@H]1C[C@@H](O)CC(=O)O1. The monoisotopic (exact) mass is 479 g/mol. The summed E-state index contributed by atoms with van der Waals surface area (Å²) in [7, 11) is 1.85. The van der Waals surface area contributed by atoms with Crippen LogP contribution in [0.4, 0.5) is 0 Å². The lowest BCUT2D eigenvalue weighted by atomic mass is 9.59. The predicted octanol–water partition coefficient (Wildman–Crippen LogP) is 4.10. The van der Waals surface area contributed by atoms with E-state index in [0.717, 1.165) is 38.5 Å². The van der Waals surface area contributed by atoms with Gasteiger partial charge >= 0.3 is 11.9 Å². The van der Waals surface area contributed by atoms with E-state index >= 15 is 0 Å². The Balaban J connectivity index is 1.83. The van der Waals surface area contributed by atoms with Crippen LogP contribution in [-0.4, -0.2) is 59.8 Å². The summed E-state index contributed by atoms with van der Waals surface area (Å²) < 4.78 is 11.7. The van der Waals surface area contributed by atoms with Gasteiger partial charge in [0.15, 0.2) is 0 Å². The van der Waals surface area contributed by atoms with E-state index in [0.29, 0.717) is 31.7 Å². The number of aliphatic hydroxyl groups excluding tert-OH is 1. The first-order valence-corrected chi connectivity index (χ1v) is 13.4. The summed E-state index contributed by atoms with van der Waals surface area (Å²) in [5, 5.41) is 10.0. The van der Waals surface area contributed by atoms with Gasteiger partial charge in [-0.1, -0.05) is 6.92 Å². The number of carbonyl (C=O) groups excluding carboxylic acids is 3. The third kappa shape index (κ3) is 6.13. The van der Waals surface area contributed by atoms with Crippen molar-refractivity contribution in [3.8, 4) is 0 Å². The van der Waals surface area contributed by atoms with Crippen LogP contribution < -0.4 is 0 Å². The average Bonchev–Trinajstić information content (AvgIpc) is 2.80. The van der Waals surface area contributed by atoms with E-state index in [2.05, 4.69) is 0 Å². The molecule has 3 aliphatic rings. The highest BCUT2D eigenvalue weighted by molar-refractivity contribution is 5.79. The van der Waals surface area contributed by atoms with Crippen molar-refractivity contribution in [2.24, 2.45) is 29.1 Å². The smallest absolute Gasteiger partial charge is 0.311 e. The molecule has 0 spiro atoms. The first-order chi connectivity index (χ1) is 16.1. The third-order valence-corrected chi connectivity index (χ3v) is 8.82. The van der Waals surface area contributed by atoms with Crippen LogP contribution >= 0.6 is 0 Å².